The number of carbonyl (C=O) groups is 1. The Morgan fingerprint density at radius 3 is 2.27 bits per heavy atom. The van der Waals surface area contributed by atoms with Crippen molar-refractivity contribution in [1.29, 1.82) is 0 Å². The Morgan fingerprint density at radius 2 is 1.64 bits per heavy atom. The van der Waals surface area contributed by atoms with Crippen LogP contribution in [0.5, 0.6) is 5.75 Å². The number of rotatable bonds is 9. The molecule has 0 fully saturated rings. The van der Waals surface area contributed by atoms with E-state index in [2.05, 4.69) is 6.92 Å². The molecule has 33 heavy (non-hydrogen) atoms. The van der Waals surface area contributed by atoms with E-state index in [-0.39, 0.29) is 21.4 Å². The summed E-state index contributed by atoms with van der Waals surface area (Å²) in [6, 6.07) is 17.9. The number of anilines is 1. The van der Waals surface area contributed by atoms with Crippen LogP contribution in [0.1, 0.15) is 30.9 Å². The molecule has 0 bridgehead atoms. The molecule has 0 N–H and O–H groups in total. The predicted octanol–water partition coefficient (Wildman–Crippen LogP) is 6.45. The van der Waals surface area contributed by atoms with Crippen molar-refractivity contribution in [3.05, 3.63) is 87.9 Å². The third-order valence-corrected chi connectivity index (χ3v) is 7.33. The zero-order valence-corrected chi connectivity index (χ0v) is 20.8. The van der Waals surface area contributed by atoms with E-state index in [9.17, 15) is 13.2 Å². The van der Waals surface area contributed by atoms with Crippen LogP contribution in [-0.4, -0.2) is 20.9 Å². The second-order valence-electron chi connectivity index (χ2n) is 7.61. The molecule has 0 spiro atoms. The van der Waals surface area contributed by atoms with Gasteiger partial charge in [0.25, 0.3) is 15.9 Å². The van der Waals surface area contributed by atoms with Gasteiger partial charge in [-0.25, -0.2) is 8.42 Å². The summed E-state index contributed by atoms with van der Waals surface area (Å²) in [6.07, 6.45) is 2.96. The largest absolute Gasteiger partial charge is 0.482 e. The van der Waals surface area contributed by atoms with Gasteiger partial charge >= 0.3 is 0 Å². The van der Waals surface area contributed by atoms with E-state index in [4.69, 9.17) is 27.9 Å². The average molecular weight is 506 g/mol. The van der Waals surface area contributed by atoms with Crippen LogP contribution in [0, 0.1) is 6.92 Å². The first kappa shape index (κ1) is 25.1. The molecule has 1 amide bonds. The van der Waals surface area contributed by atoms with E-state index in [1.54, 1.807) is 36.4 Å². The second-order valence-corrected chi connectivity index (χ2v) is 10.2. The standard InChI is InChI=1S/C25H25Cl2NO4S/c1-3-4-5-19-8-11-21(12-9-19)28(33(30,31)22-13-6-18(2)7-14-22)25(29)17-32-24-16-20(26)10-15-23(24)27/h6-16H,3-5,17H2,1-2H3. The minimum absolute atomic E-state index is 0.0114. The van der Waals surface area contributed by atoms with E-state index in [1.807, 2.05) is 19.1 Å². The van der Waals surface area contributed by atoms with Gasteiger partial charge in [-0.2, -0.15) is 4.31 Å². The van der Waals surface area contributed by atoms with Gasteiger partial charge in [0, 0.05) is 11.1 Å². The maximum absolute atomic E-state index is 13.5. The average Bonchev–Trinajstić information content (AvgIpc) is 2.79. The number of hydrogen-bond acceptors (Lipinski definition) is 4. The molecule has 3 rings (SSSR count). The van der Waals surface area contributed by atoms with Crippen molar-refractivity contribution in [2.45, 2.75) is 38.0 Å². The van der Waals surface area contributed by atoms with Crippen LogP contribution in [0.2, 0.25) is 10.0 Å². The van der Waals surface area contributed by atoms with Gasteiger partial charge in [0.05, 0.1) is 15.6 Å². The zero-order valence-electron chi connectivity index (χ0n) is 18.4. The highest BCUT2D eigenvalue weighted by molar-refractivity contribution is 7.93. The van der Waals surface area contributed by atoms with Crippen molar-refractivity contribution in [3.8, 4) is 5.75 Å². The van der Waals surface area contributed by atoms with Crippen molar-refractivity contribution in [2.24, 2.45) is 0 Å². The lowest BCUT2D eigenvalue weighted by Crippen LogP contribution is -2.40. The van der Waals surface area contributed by atoms with Gasteiger partial charge in [-0.05, 0) is 61.7 Å². The summed E-state index contributed by atoms with van der Waals surface area (Å²) in [5, 5.41) is 0.647. The molecule has 0 aliphatic carbocycles. The summed E-state index contributed by atoms with van der Waals surface area (Å²) in [5.41, 5.74) is 2.22. The van der Waals surface area contributed by atoms with Gasteiger partial charge in [0.15, 0.2) is 6.61 Å². The Hall–Kier alpha value is -2.54. The summed E-state index contributed by atoms with van der Waals surface area (Å²) in [6.45, 7) is 3.43. The Kier molecular flexibility index (Phi) is 8.40. The Bertz CT molecular complexity index is 1210. The maximum atomic E-state index is 13.5. The van der Waals surface area contributed by atoms with Gasteiger partial charge in [0.2, 0.25) is 0 Å². The van der Waals surface area contributed by atoms with E-state index >= 15 is 0 Å². The number of aryl methyl sites for hydroxylation is 2. The van der Waals surface area contributed by atoms with Crippen LogP contribution in [-0.2, 0) is 21.2 Å². The number of halogens is 2. The maximum Gasteiger partial charge on any atom is 0.278 e. The van der Waals surface area contributed by atoms with E-state index in [0.717, 1.165) is 34.7 Å². The number of carbonyl (C=O) groups excluding carboxylic acids is 1. The lowest BCUT2D eigenvalue weighted by atomic mass is 10.1. The quantitative estimate of drug-likeness (QED) is 0.335. The normalized spacial score (nSPS) is 11.3. The van der Waals surface area contributed by atoms with Gasteiger partial charge in [-0.1, -0.05) is 66.4 Å². The second kappa shape index (κ2) is 11.1. The van der Waals surface area contributed by atoms with Crippen molar-refractivity contribution in [3.63, 3.8) is 0 Å². The first-order valence-corrected chi connectivity index (χ1v) is 12.7. The van der Waals surface area contributed by atoms with Crippen LogP contribution in [0.15, 0.2) is 71.6 Å². The van der Waals surface area contributed by atoms with Gasteiger partial charge in [0.1, 0.15) is 5.75 Å². The summed E-state index contributed by atoms with van der Waals surface area (Å²) >= 11 is 12.1. The summed E-state index contributed by atoms with van der Waals surface area (Å²) in [5.74, 6) is -0.562. The third kappa shape index (κ3) is 6.28. The highest BCUT2D eigenvalue weighted by Gasteiger charge is 2.31. The highest BCUT2D eigenvalue weighted by Crippen LogP contribution is 2.29. The summed E-state index contributed by atoms with van der Waals surface area (Å²) < 4.78 is 33.3. The molecule has 0 unspecified atom stereocenters. The van der Waals surface area contributed by atoms with Crippen LogP contribution in [0.4, 0.5) is 5.69 Å². The third-order valence-electron chi connectivity index (χ3n) is 5.02. The van der Waals surface area contributed by atoms with Crippen LogP contribution in [0.3, 0.4) is 0 Å². The molecular weight excluding hydrogens is 481 g/mol. The lowest BCUT2D eigenvalue weighted by molar-refractivity contribution is -0.119. The fourth-order valence-corrected chi connectivity index (χ4v) is 4.94. The molecule has 0 aliphatic rings. The molecule has 5 nitrogen and oxygen atoms in total. The summed E-state index contributed by atoms with van der Waals surface area (Å²) in [7, 11) is -4.18. The number of ether oxygens (including phenoxy) is 1. The number of hydrogen-bond donors (Lipinski definition) is 0. The topological polar surface area (TPSA) is 63.7 Å². The van der Waals surface area contributed by atoms with Crippen LogP contribution < -0.4 is 9.04 Å². The van der Waals surface area contributed by atoms with Crippen molar-refractivity contribution in [2.75, 3.05) is 10.9 Å². The van der Waals surface area contributed by atoms with E-state index < -0.39 is 22.5 Å². The molecule has 3 aromatic carbocycles. The lowest BCUT2D eigenvalue weighted by Gasteiger charge is -2.23. The number of amides is 1. The zero-order chi connectivity index (χ0) is 24.0. The molecule has 0 saturated carbocycles. The molecule has 0 aliphatic heterocycles. The first-order chi connectivity index (χ1) is 15.7. The Balaban J connectivity index is 1.94. The van der Waals surface area contributed by atoms with Crippen molar-refractivity contribution < 1.29 is 17.9 Å². The fourth-order valence-electron chi connectivity index (χ4n) is 3.20. The molecular formula is C25H25Cl2NO4S. The van der Waals surface area contributed by atoms with E-state index in [1.165, 1.54) is 18.2 Å². The molecule has 174 valence electrons. The number of nitrogens with zero attached hydrogens (tertiary/aromatic N) is 1. The minimum atomic E-state index is -4.18. The molecule has 0 radical (unpaired) electrons. The molecule has 0 saturated heterocycles. The molecule has 8 heteroatoms. The Labute approximate surface area is 205 Å². The van der Waals surface area contributed by atoms with E-state index in [0.29, 0.717) is 5.02 Å². The first-order valence-electron chi connectivity index (χ1n) is 10.5. The van der Waals surface area contributed by atoms with Crippen LogP contribution in [0.25, 0.3) is 0 Å². The molecule has 0 aromatic heterocycles. The smallest absolute Gasteiger partial charge is 0.278 e. The monoisotopic (exact) mass is 505 g/mol. The highest BCUT2D eigenvalue weighted by atomic mass is 35.5. The SMILES string of the molecule is CCCCc1ccc(N(C(=O)COc2cc(Cl)ccc2Cl)S(=O)(=O)c2ccc(C)cc2)cc1. The van der Waals surface area contributed by atoms with Gasteiger partial charge in [-0.3, -0.25) is 4.79 Å². The minimum Gasteiger partial charge on any atom is -0.482 e. The van der Waals surface area contributed by atoms with Gasteiger partial charge < -0.3 is 4.74 Å². The number of sulfonamides is 1. The predicted molar refractivity (Wildman–Crippen MR) is 133 cm³/mol. The number of benzene rings is 3. The van der Waals surface area contributed by atoms with Gasteiger partial charge in [-0.15, -0.1) is 0 Å². The van der Waals surface area contributed by atoms with Crippen LogP contribution >= 0.6 is 23.2 Å². The van der Waals surface area contributed by atoms with Crippen molar-refractivity contribution >= 4 is 44.8 Å². The summed E-state index contributed by atoms with van der Waals surface area (Å²) in [4.78, 5) is 13.2. The Morgan fingerprint density at radius 1 is 0.970 bits per heavy atom. The fraction of sp³-hybridized carbons (Fsp3) is 0.240. The van der Waals surface area contributed by atoms with Crippen molar-refractivity contribution in [1.82, 2.24) is 0 Å². The molecule has 3 aromatic rings. The molecule has 0 heterocycles. The molecule has 0 atom stereocenters. The number of unbranched alkanes of at least 4 members (excludes halogenated alkanes) is 1.